The van der Waals surface area contributed by atoms with E-state index in [1.54, 1.807) is 12.1 Å². The predicted octanol–water partition coefficient (Wildman–Crippen LogP) is 4.42. The highest BCUT2D eigenvalue weighted by molar-refractivity contribution is 6.92. The van der Waals surface area contributed by atoms with Crippen LogP contribution in [0.5, 0.6) is 0 Å². The van der Waals surface area contributed by atoms with Gasteiger partial charge in [-0.2, -0.15) is 13.2 Å². The molecule has 1 aromatic rings. The number of benzene rings is 1. The van der Waals surface area contributed by atoms with Crippen molar-refractivity contribution in [3.05, 3.63) is 29.8 Å². The van der Waals surface area contributed by atoms with Gasteiger partial charge in [0.05, 0.1) is 13.6 Å². The Bertz CT molecular complexity index is 359. The summed E-state index contributed by atoms with van der Waals surface area (Å²) in [7, 11) is -1.97. The minimum absolute atomic E-state index is 0.419. The lowest BCUT2D eigenvalue weighted by Crippen LogP contribution is -2.48. The summed E-state index contributed by atoms with van der Waals surface area (Å²) in [6.45, 7) is 6.06. The number of halogens is 3. The predicted molar refractivity (Wildman–Crippen MR) is 68.3 cm³/mol. The van der Waals surface area contributed by atoms with E-state index in [1.165, 1.54) is 12.1 Å². The third kappa shape index (κ3) is 2.73. The van der Waals surface area contributed by atoms with Crippen LogP contribution in [0, 0.1) is 0 Å². The van der Waals surface area contributed by atoms with Crippen molar-refractivity contribution >= 4 is 13.3 Å². The van der Waals surface area contributed by atoms with E-state index in [0.717, 1.165) is 18.1 Å². The number of alkyl halides is 3. The van der Waals surface area contributed by atoms with Gasteiger partial charge in [0.25, 0.3) is 0 Å². The molecule has 0 spiro atoms. The molecule has 0 saturated carbocycles. The van der Waals surface area contributed by atoms with Gasteiger partial charge < -0.3 is 0 Å². The van der Waals surface area contributed by atoms with Crippen molar-refractivity contribution in [2.75, 3.05) is 0 Å². The molecular weight excluding hydrogens is 241 g/mol. The first-order chi connectivity index (χ1) is 7.91. The summed E-state index contributed by atoms with van der Waals surface area (Å²) in [6.07, 6.45) is -4.23. The van der Waals surface area contributed by atoms with Gasteiger partial charge >= 0.3 is 6.18 Å². The van der Waals surface area contributed by atoms with Gasteiger partial charge in [-0.25, -0.2) is 0 Å². The maximum atomic E-state index is 13.0. The molecule has 0 nitrogen and oxygen atoms in total. The van der Waals surface area contributed by atoms with Gasteiger partial charge in [-0.1, -0.05) is 63.2 Å². The molecule has 4 heteroatoms. The Morgan fingerprint density at radius 3 is 1.82 bits per heavy atom. The average molecular weight is 260 g/mol. The molecule has 0 radical (unpaired) electrons. The molecule has 0 atom stereocenters. The standard InChI is InChI=1S/C13H19F3Si/c1-4-17(5-2,6-3)12-10-8-7-9-11(12)13(14,15)16/h7-10H,4-6H2,1-3H3. The molecule has 1 aromatic carbocycles. The molecule has 0 amide bonds. The van der Waals surface area contributed by atoms with Crippen LogP contribution in [0.4, 0.5) is 13.2 Å². The number of rotatable bonds is 4. The molecule has 0 aliphatic rings. The third-order valence-electron chi connectivity index (χ3n) is 3.83. The summed E-state index contributed by atoms with van der Waals surface area (Å²) in [6, 6.07) is 8.72. The highest BCUT2D eigenvalue weighted by Crippen LogP contribution is 2.31. The lowest BCUT2D eigenvalue weighted by atomic mass is 10.2. The zero-order valence-electron chi connectivity index (χ0n) is 10.6. The molecule has 1 rings (SSSR count). The van der Waals surface area contributed by atoms with Crippen LogP contribution in [-0.4, -0.2) is 8.07 Å². The summed E-state index contributed by atoms with van der Waals surface area (Å²) in [5, 5.41) is 0.583. The lowest BCUT2D eigenvalue weighted by molar-refractivity contribution is -0.136. The molecule has 0 bridgehead atoms. The first-order valence-electron chi connectivity index (χ1n) is 6.08. The topological polar surface area (TPSA) is 0 Å². The van der Waals surface area contributed by atoms with Crippen molar-refractivity contribution < 1.29 is 13.2 Å². The Balaban J connectivity index is 3.39. The fourth-order valence-electron chi connectivity index (χ4n) is 2.51. The van der Waals surface area contributed by atoms with Gasteiger partial charge in [0, 0.05) is 0 Å². The molecule has 96 valence electrons. The van der Waals surface area contributed by atoms with E-state index in [4.69, 9.17) is 0 Å². The van der Waals surface area contributed by atoms with Crippen molar-refractivity contribution in [3.63, 3.8) is 0 Å². The third-order valence-corrected chi connectivity index (χ3v) is 9.47. The van der Waals surface area contributed by atoms with Crippen LogP contribution in [0.1, 0.15) is 26.3 Å². The van der Waals surface area contributed by atoms with Crippen molar-refractivity contribution in [3.8, 4) is 0 Å². The van der Waals surface area contributed by atoms with Gasteiger partial charge in [0.1, 0.15) is 0 Å². The Kier molecular flexibility index (Phi) is 4.41. The largest absolute Gasteiger partial charge is 0.416 e. The number of hydrogen-bond acceptors (Lipinski definition) is 0. The average Bonchev–Trinajstić information content (AvgIpc) is 2.31. The van der Waals surface area contributed by atoms with Crippen LogP contribution >= 0.6 is 0 Å². The molecule has 0 heterocycles. The fraction of sp³-hybridized carbons (Fsp3) is 0.538. The quantitative estimate of drug-likeness (QED) is 0.703. The SMILES string of the molecule is CC[Si](CC)(CC)c1ccccc1C(F)(F)F. The summed E-state index contributed by atoms with van der Waals surface area (Å²) < 4.78 is 39.0. The van der Waals surface area contributed by atoms with E-state index in [-0.39, 0.29) is 0 Å². The summed E-state index contributed by atoms with van der Waals surface area (Å²) in [4.78, 5) is 0. The van der Waals surface area contributed by atoms with Crippen LogP contribution in [0.2, 0.25) is 18.1 Å². The maximum Gasteiger partial charge on any atom is 0.416 e. The smallest absolute Gasteiger partial charge is 0.166 e. The second kappa shape index (κ2) is 5.25. The van der Waals surface area contributed by atoms with Gasteiger partial charge in [0.15, 0.2) is 0 Å². The highest BCUT2D eigenvalue weighted by Gasteiger charge is 2.40. The molecule has 0 aromatic heterocycles. The second-order valence-corrected chi connectivity index (χ2v) is 9.60. The lowest BCUT2D eigenvalue weighted by Gasteiger charge is -2.31. The summed E-state index contributed by atoms with van der Waals surface area (Å²) in [5.41, 5.74) is -0.419. The minimum Gasteiger partial charge on any atom is -0.166 e. The minimum atomic E-state index is -4.23. The van der Waals surface area contributed by atoms with Crippen molar-refractivity contribution in [2.24, 2.45) is 0 Å². The van der Waals surface area contributed by atoms with E-state index < -0.39 is 19.8 Å². The molecule has 0 N–H and O–H groups in total. The zero-order chi connectivity index (χ0) is 13.1. The molecule has 0 fully saturated rings. The molecule has 0 aliphatic carbocycles. The van der Waals surface area contributed by atoms with Gasteiger partial charge in [-0.05, 0) is 5.19 Å². The Morgan fingerprint density at radius 1 is 0.941 bits per heavy atom. The van der Waals surface area contributed by atoms with Crippen molar-refractivity contribution in [2.45, 2.75) is 45.1 Å². The van der Waals surface area contributed by atoms with Crippen LogP contribution in [0.15, 0.2) is 24.3 Å². The van der Waals surface area contributed by atoms with Crippen molar-refractivity contribution in [1.82, 2.24) is 0 Å². The summed E-state index contributed by atoms with van der Waals surface area (Å²) in [5.74, 6) is 0. The molecular formula is C13H19F3Si. The monoisotopic (exact) mass is 260 g/mol. The Hall–Kier alpha value is -0.773. The molecule has 17 heavy (non-hydrogen) atoms. The van der Waals surface area contributed by atoms with Crippen LogP contribution < -0.4 is 5.19 Å². The van der Waals surface area contributed by atoms with Crippen LogP contribution in [0.3, 0.4) is 0 Å². The van der Waals surface area contributed by atoms with Gasteiger partial charge in [-0.3, -0.25) is 0 Å². The molecule has 0 saturated heterocycles. The second-order valence-electron chi connectivity index (χ2n) is 4.38. The molecule has 0 aliphatic heterocycles. The first kappa shape index (κ1) is 14.3. The van der Waals surface area contributed by atoms with Gasteiger partial charge in [-0.15, -0.1) is 0 Å². The van der Waals surface area contributed by atoms with Crippen LogP contribution in [0.25, 0.3) is 0 Å². The maximum absolute atomic E-state index is 13.0. The number of hydrogen-bond donors (Lipinski definition) is 0. The summed E-state index contributed by atoms with van der Waals surface area (Å²) >= 11 is 0. The van der Waals surface area contributed by atoms with E-state index in [2.05, 4.69) is 0 Å². The van der Waals surface area contributed by atoms with Crippen molar-refractivity contribution in [1.29, 1.82) is 0 Å². The highest BCUT2D eigenvalue weighted by atomic mass is 28.3. The van der Waals surface area contributed by atoms with Gasteiger partial charge in [0.2, 0.25) is 0 Å². The fourth-order valence-corrected chi connectivity index (χ4v) is 6.40. The Morgan fingerprint density at radius 2 is 1.41 bits per heavy atom. The normalized spacial score (nSPS) is 12.8. The zero-order valence-corrected chi connectivity index (χ0v) is 11.6. The first-order valence-corrected chi connectivity index (χ1v) is 8.70. The Labute approximate surface area is 102 Å². The molecule has 0 unspecified atom stereocenters. The van der Waals surface area contributed by atoms with E-state index in [1.807, 2.05) is 20.8 Å². The van der Waals surface area contributed by atoms with E-state index in [0.29, 0.717) is 5.19 Å². The van der Waals surface area contributed by atoms with E-state index >= 15 is 0 Å². The van der Waals surface area contributed by atoms with Crippen LogP contribution in [-0.2, 0) is 6.18 Å². The van der Waals surface area contributed by atoms with E-state index in [9.17, 15) is 13.2 Å².